The fourth-order valence-corrected chi connectivity index (χ4v) is 3.25. The summed E-state index contributed by atoms with van der Waals surface area (Å²) in [4.78, 5) is 14.6. The molecule has 5 nitrogen and oxygen atoms in total. The lowest BCUT2D eigenvalue weighted by Gasteiger charge is -2.39. The van der Waals surface area contributed by atoms with Crippen molar-refractivity contribution < 1.29 is 14.3 Å². The Labute approximate surface area is 149 Å². The largest absolute Gasteiger partial charge is 0.490 e. The van der Waals surface area contributed by atoms with E-state index in [1.54, 1.807) is 0 Å². The molecule has 1 aromatic rings. The van der Waals surface area contributed by atoms with Gasteiger partial charge in [-0.15, -0.1) is 12.4 Å². The van der Waals surface area contributed by atoms with E-state index < -0.39 is 5.54 Å². The highest BCUT2D eigenvalue weighted by Gasteiger charge is 2.40. The second-order valence-corrected chi connectivity index (χ2v) is 6.69. The first-order valence-electron chi connectivity index (χ1n) is 8.46. The van der Waals surface area contributed by atoms with Crippen LogP contribution in [-0.4, -0.2) is 48.8 Å². The van der Waals surface area contributed by atoms with E-state index in [-0.39, 0.29) is 24.4 Å². The average molecular weight is 355 g/mol. The maximum atomic E-state index is 12.7. The highest BCUT2D eigenvalue weighted by atomic mass is 35.5. The van der Waals surface area contributed by atoms with Gasteiger partial charge < -0.3 is 20.1 Å². The summed E-state index contributed by atoms with van der Waals surface area (Å²) in [6.45, 7) is 4.65. The molecule has 3 rings (SSSR count). The molecule has 2 heterocycles. The summed E-state index contributed by atoms with van der Waals surface area (Å²) in [5, 5.41) is 0. The van der Waals surface area contributed by atoms with Crippen LogP contribution in [0.15, 0.2) is 24.3 Å². The van der Waals surface area contributed by atoms with Gasteiger partial charge in [0, 0.05) is 39.1 Å². The lowest BCUT2D eigenvalue weighted by atomic mass is 9.89. The molecule has 2 N–H and O–H groups in total. The molecule has 0 atom stereocenters. The molecule has 0 unspecified atom stereocenters. The minimum atomic E-state index is -0.733. The Morgan fingerprint density at radius 3 is 2.38 bits per heavy atom. The van der Waals surface area contributed by atoms with Crippen LogP contribution in [0.5, 0.6) is 5.75 Å². The molecule has 1 amide bonds. The molecule has 24 heavy (non-hydrogen) atoms. The van der Waals surface area contributed by atoms with Gasteiger partial charge in [-0.1, -0.05) is 17.7 Å². The first kappa shape index (κ1) is 19.0. The zero-order valence-electron chi connectivity index (χ0n) is 14.2. The van der Waals surface area contributed by atoms with Crippen LogP contribution in [0.3, 0.4) is 0 Å². The molecule has 2 saturated heterocycles. The fourth-order valence-electron chi connectivity index (χ4n) is 3.25. The predicted molar refractivity (Wildman–Crippen MR) is 95.6 cm³/mol. The number of nitrogens with zero attached hydrogens (tertiary/aromatic N) is 1. The topological polar surface area (TPSA) is 64.8 Å². The van der Waals surface area contributed by atoms with Crippen molar-refractivity contribution in [2.75, 3.05) is 26.3 Å². The van der Waals surface area contributed by atoms with Gasteiger partial charge in [-0.2, -0.15) is 0 Å². The summed E-state index contributed by atoms with van der Waals surface area (Å²) < 4.78 is 11.3. The van der Waals surface area contributed by atoms with Crippen molar-refractivity contribution in [2.45, 2.75) is 44.2 Å². The number of nitrogens with two attached hydrogens (primary N) is 1. The molecule has 134 valence electrons. The minimum Gasteiger partial charge on any atom is -0.490 e. The highest BCUT2D eigenvalue weighted by molar-refractivity contribution is 5.86. The lowest BCUT2D eigenvalue weighted by molar-refractivity contribution is -0.142. The number of aryl methyl sites for hydroxylation is 1. The van der Waals surface area contributed by atoms with Crippen LogP contribution in [0, 0.1) is 6.92 Å². The van der Waals surface area contributed by atoms with E-state index in [1.807, 2.05) is 17.0 Å². The predicted octanol–water partition coefficient (Wildman–Crippen LogP) is 2.29. The van der Waals surface area contributed by atoms with E-state index >= 15 is 0 Å². The Kier molecular flexibility index (Phi) is 6.49. The molecule has 2 fully saturated rings. The summed E-state index contributed by atoms with van der Waals surface area (Å²) >= 11 is 0. The number of rotatable bonds is 3. The molecule has 2 aliphatic heterocycles. The summed E-state index contributed by atoms with van der Waals surface area (Å²) in [6, 6.07) is 8.11. The molecule has 0 aliphatic carbocycles. The quantitative estimate of drug-likeness (QED) is 0.904. The highest BCUT2D eigenvalue weighted by Crippen LogP contribution is 2.24. The van der Waals surface area contributed by atoms with Gasteiger partial charge in [-0.05, 0) is 31.9 Å². The number of carbonyl (C=O) groups is 1. The van der Waals surface area contributed by atoms with Crippen LogP contribution in [0.1, 0.15) is 31.2 Å². The Balaban J connectivity index is 0.00000208. The zero-order chi connectivity index (χ0) is 16.3. The maximum Gasteiger partial charge on any atom is 0.242 e. The first-order valence-corrected chi connectivity index (χ1v) is 8.46. The number of piperidine rings is 1. The second-order valence-electron chi connectivity index (χ2n) is 6.69. The Hall–Kier alpha value is -1.30. The van der Waals surface area contributed by atoms with E-state index in [1.165, 1.54) is 5.56 Å². The van der Waals surface area contributed by atoms with Crippen molar-refractivity contribution in [2.24, 2.45) is 5.73 Å². The van der Waals surface area contributed by atoms with E-state index in [0.29, 0.717) is 26.1 Å². The normalized spacial score (nSPS) is 21.0. The Morgan fingerprint density at radius 1 is 1.21 bits per heavy atom. The first-order chi connectivity index (χ1) is 11.1. The maximum absolute atomic E-state index is 12.7. The molecule has 0 spiro atoms. The van der Waals surface area contributed by atoms with Crippen molar-refractivity contribution >= 4 is 18.3 Å². The Morgan fingerprint density at radius 2 is 1.79 bits per heavy atom. The van der Waals surface area contributed by atoms with Crippen LogP contribution in [0.4, 0.5) is 0 Å². The van der Waals surface area contributed by atoms with Crippen molar-refractivity contribution in [3.63, 3.8) is 0 Å². The molecule has 0 saturated carbocycles. The number of hydrogen-bond acceptors (Lipinski definition) is 4. The van der Waals surface area contributed by atoms with E-state index in [0.717, 1.165) is 31.7 Å². The molecule has 2 aliphatic rings. The number of halogens is 1. The molecule has 1 aromatic carbocycles. The van der Waals surface area contributed by atoms with Gasteiger partial charge in [0.05, 0.1) is 5.54 Å². The van der Waals surface area contributed by atoms with Gasteiger partial charge in [0.1, 0.15) is 11.9 Å². The smallest absolute Gasteiger partial charge is 0.242 e. The van der Waals surface area contributed by atoms with Crippen LogP contribution in [0.25, 0.3) is 0 Å². The summed E-state index contributed by atoms with van der Waals surface area (Å²) in [7, 11) is 0. The van der Waals surface area contributed by atoms with Crippen molar-refractivity contribution in [3.05, 3.63) is 29.8 Å². The van der Waals surface area contributed by atoms with E-state index in [2.05, 4.69) is 19.1 Å². The molecular weight excluding hydrogens is 328 g/mol. The second kappa shape index (κ2) is 8.19. The van der Waals surface area contributed by atoms with Gasteiger partial charge in [-0.3, -0.25) is 4.79 Å². The van der Waals surface area contributed by atoms with E-state index in [9.17, 15) is 4.79 Å². The number of likely N-dealkylation sites (tertiary alicyclic amines) is 1. The van der Waals surface area contributed by atoms with Crippen LogP contribution >= 0.6 is 12.4 Å². The number of carbonyl (C=O) groups excluding carboxylic acids is 1. The lowest BCUT2D eigenvalue weighted by Crippen LogP contribution is -2.59. The Bertz CT molecular complexity index is 536. The van der Waals surface area contributed by atoms with Crippen LogP contribution in [0.2, 0.25) is 0 Å². The van der Waals surface area contributed by atoms with Gasteiger partial charge >= 0.3 is 0 Å². The van der Waals surface area contributed by atoms with Gasteiger partial charge in [0.25, 0.3) is 0 Å². The number of hydrogen-bond donors (Lipinski definition) is 1. The fraction of sp³-hybridized carbons (Fsp3) is 0.611. The third-order valence-electron chi connectivity index (χ3n) is 4.86. The SMILES string of the molecule is Cc1ccc(OC2CCN(C(=O)C3(N)CCOCC3)CC2)cc1.Cl. The van der Waals surface area contributed by atoms with Crippen LogP contribution in [-0.2, 0) is 9.53 Å². The van der Waals surface area contributed by atoms with Gasteiger partial charge in [-0.25, -0.2) is 0 Å². The molecule has 0 bridgehead atoms. The van der Waals surface area contributed by atoms with Crippen LogP contribution < -0.4 is 10.5 Å². The molecule has 6 heteroatoms. The zero-order valence-corrected chi connectivity index (χ0v) is 15.0. The summed E-state index contributed by atoms with van der Waals surface area (Å²) in [5.74, 6) is 0.981. The monoisotopic (exact) mass is 354 g/mol. The third-order valence-corrected chi connectivity index (χ3v) is 4.86. The molecule has 0 radical (unpaired) electrons. The van der Waals surface area contributed by atoms with Crippen molar-refractivity contribution in [3.8, 4) is 5.75 Å². The van der Waals surface area contributed by atoms with Gasteiger partial charge in [0.2, 0.25) is 5.91 Å². The minimum absolute atomic E-state index is 0. The standard InChI is InChI=1S/C18H26N2O3.ClH/c1-14-2-4-15(5-3-14)23-16-6-10-20(11-7-16)17(21)18(19)8-12-22-13-9-18;/h2-5,16H,6-13,19H2,1H3;1H. The van der Waals surface area contributed by atoms with E-state index in [4.69, 9.17) is 15.2 Å². The molecule has 0 aromatic heterocycles. The number of ether oxygens (including phenoxy) is 2. The molecular formula is C18H27ClN2O3. The van der Waals surface area contributed by atoms with Crippen molar-refractivity contribution in [1.29, 1.82) is 0 Å². The van der Waals surface area contributed by atoms with Crippen molar-refractivity contribution in [1.82, 2.24) is 4.90 Å². The summed E-state index contributed by atoms with van der Waals surface area (Å²) in [6.07, 6.45) is 3.11. The number of benzene rings is 1. The average Bonchev–Trinajstić information content (AvgIpc) is 2.58. The number of amides is 1. The van der Waals surface area contributed by atoms with Gasteiger partial charge in [0.15, 0.2) is 0 Å². The summed E-state index contributed by atoms with van der Waals surface area (Å²) in [5.41, 5.74) is 6.79. The third kappa shape index (κ3) is 4.41.